The summed E-state index contributed by atoms with van der Waals surface area (Å²) in [5.74, 6) is 0.718. The van der Waals surface area contributed by atoms with E-state index < -0.39 is 0 Å². The average Bonchev–Trinajstić information content (AvgIpc) is 2.51. The van der Waals surface area contributed by atoms with Gasteiger partial charge in [0.25, 0.3) is 0 Å². The zero-order valence-electron chi connectivity index (χ0n) is 11.0. The number of nitrogens with one attached hydrogen (secondary N) is 1. The second-order valence-corrected chi connectivity index (χ2v) is 5.42. The van der Waals surface area contributed by atoms with Crippen LogP contribution in [0, 0.1) is 19.8 Å². The van der Waals surface area contributed by atoms with Crippen molar-refractivity contribution in [2.75, 3.05) is 13.1 Å². The normalized spacial score (nSPS) is 23.8. The van der Waals surface area contributed by atoms with Gasteiger partial charge < -0.3 is 5.32 Å². The van der Waals surface area contributed by atoms with Crippen molar-refractivity contribution < 1.29 is 0 Å². The highest BCUT2D eigenvalue weighted by Gasteiger charge is 2.33. The Bertz CT molecular complexity index is 386. The van der Waals surface area contributed by atoms with Gasteiger partial charge in [0, 0.05) is 0 Å². The van der Waals surface area contributed by atoms with Crippen molar-refractivity contribution in [2.45, 2.75) is 46.1 Å². The Morgan fingerprint density at radius 1 is 1.41 bits per heavy atom. The molecule has 0 radical (unpaired) electrons. The first-order valence-electron chi connectivity index (χ1n) is 6.57. The summed E-state index contributed by atoms with van der Waals surface area (Å²) < 4.78 is 2.14. The molecule has 1 heterocycles. The molecule has 4 heteroatoms. The Balaban J connectivity index is 2.00. The number of hydrogen-bond donors (Lipinski definition) is 1. The van der Waals surface area contributed by atoms with Gasteiger partial charge in [-0.1, -0.05) is 18.5 Å². The van der Waals surface area contributed by atoms with Crippen molar-refractivity contribution in [3.63, 3.8) is 0 Å². The lowest BCUT2D eigenvalue weighted by molar-refractivity contribution is 0.160. The smallest absolute Gasteiger partial charge is 0.0844 e. The maximum atomic E-state index is 6.20. The molecule has 0 saturated heterocycles. The standard InChI is InChI=1S/C13H22ClN3/c1-4-7-15-8-11-5-6-12(11)17-10(3)13(14)9(2)16-17/h11-12,15H,4-8H2,1-3H3. The number of rotatable bonds is 5. The minimum absolute atomic E-state index is 0.547. The van der Waals surface area contributed by atoms with Crippen LogP contribution in [0.3, 0.4) is 0 Å². The van der Waals surface area contributed by atoms with E-state index in [1.54, 1.807) is 0 Å². The first kappa shape index (κ1) is 12.9. The molecule has 2 atom stereocenters. The highest BCUT2D eigenvalue weighted by molar-refractivity contribution is 6.31. The molecule has 1 aromatic heterocycles. The van der Waals surface area contributed by atoms with Crippen molar-refractivity contribution in [3.8, 4) is 0 Å². The van der Waals surface area contributed by atoms with Gasteiger partial charge in [-0.3, -0.25) is 4.68 Å². The first-order chi connectivity index (χ1) is 8.15. The van der Waals surface area contributed by atoms with Crippen LogP contribution >= 0.6 is 11.6 Å². The zero-order valence-corrected chi connectivity index (χ0v) is 11.7. The molecule has 1 aliphatic rings. The fourth-order valence-corrected chi connectivity index (χ4v) is 2.67. The molecule has 0 spiro atoms. The molecule has 0 bridgehead atoms. The number of nitrogens with zero attached hydrogens (tertiary/aromatic N) is 2. The van der Waals surface area contributed by atoms with Crippen LogP contribution in [-0.4, -0.2) is 22.9 Å². The Morgan fingerprint density at radius 3 is 2.65 bits per heavy atom. The summed E-state index contributed by atoms with van der Waals surface area (Å²) in [5, 5.41) is 8.90. The second-order valence-electron chi connectivity index (χ2n) is 5.04. The highest BCUT2D eigenvalue weighted by atomic mass is 35.5. The van der Waals surface area contributed by atoms with E-state index >= 15 is 0 Å². The Hall–Kier alpha value is -0.540. The molecule has 0 aromatic carbocycles. The third-order valence-electron chi connectivity index (χ3n) is 3.76. The molecule has 96 valence electrons. The van der Waals surface area contributed by atoms with Crippen molar-refractivity contribution in [1.82, 2.24) is 15.1 Å². The molecular formula is C13H22ClN3. The SMILES string of the molecule is CCCNCC1CCC1n1nc(C)c(Cl)c1C. The second kappa shape index (κ2) is 5.40. The molecular weight excluding hydrogens is 234 g/mol. The molecule has 2 unspecified atom stereocenters. The van der Waals surface area contributed by atoms with Gasteiger partial charge in [0.1, 0.15) is 0 Å². The molecule has 1 aromatic rings. The number of aromatic nitrogens is 2. The van der Waals surface area contributed by atoms with E-state index in [-0.39, 0.29) is 0 Å². The molecule has 1 aliphatic carbocycles. The van der Waals surface area contributed by atoms with Gasteiger partial charge in [0.05, 0.1) is 22.5 Å². The van der Waals surface area contributed by atoms with Gasteiger partial charge in [-0.05, 0) is 52.1 Å². The quantitative estimate of drug-likeness (QED) is 0.820. The van der Waals surface area contributed by atoms with Gasteiger partial charge in [-0.2, -0.15) is 5.10 Å². The van der Waals surface area contributed by atoms with Crippen LogP contribution in [0.4, 0.5) is 0 Å². The van der Waals surface area contributed by atoms with Crippen molar-refractivity contribution in [2.24, 2.45) is 5.92 Å². The van der Waals surface area contributed by atoms with Gasteiger partial charge in [0.2, 0.25) is 0 Å². The van der Waals surface area contributed by atoms with E-state index in [0.29, 0.717) is 6.04 Å². The summed E-state index contributed by atoms with van der Waals surface area (Å²) in [4.78, 5) is 0. The van der Waals surface area contributed by atoms with E-state index in [1.807, 2.05) is 6.92 Å². The lowest BCUT2D eigenvalue weighted by Gasteiger charge is -2.37. The van der Waals surface area contributed by atoms with Crippen LogP contribution in [-0.2, 0) is 0 Å². The summed E-state index contributed by atoms with van der Waals surface area (Å²) in [7, 11) is 0. The van der Waals surface area contributed by atoms with Gasteiger partial charge in [0.15, 0.2) is 0 Å². The summed E-state index contributed by atoms with van der Waals surface area (Å²) in [6, 6.07) is 0.547. The maximum Gasteiger partial charge on any atom is 0.0844 e. The number of hydrogen-bond acceptors (Lipinski definition) is 2. The zero-order chi connectivity index (χ0) is 12.4. The molecule has 2 rings (SSSR count). The van der Waals surface area contributed by atoms with Crippen LogP contribution in [0.25, 0.3) is 0 Å². The van der Waals surface area contributed by atoms with E-state index in [4.69, 9.17) is 11.6 Å². The van der Waals surface area contributed by atoms with Crippen LogP contribution < -0.4 is 5.32 Å². The van der Waals surface area contributed by atoms with E-state index in [0.717, 1.165) is 35.4 Å². The lowest BCUT2D eigenvalue weighted by atomic mass is 9.79. The summed E-state index contributed by atoms with van der Waals surface area (Å²) in [6.07, 6.45) is 3.73. The van der Waals surface area contributed by atoms with Crippen LogP contribution in [0.2, 0.25) is 5.02 Å². The fourth-order valence-electron chi connectivity index (χ4n) is 2.54. The van der Waals surface area contributed by atoms with Crippen molar-refractivity contribution in [3.05, 3.63) is 16.4 Å². The summed E-state index contributed by atoms with van der Waals surface area (Å²) >= 11 is 6.20. The minimum atomic E-state index is 0.547. The monoisotopic (exact) mass is 255 g/mol. The van der Waals surface area contributed by atoms with Gasteiger partial charge in [-0.25, -0.2) is 0 Å². The maximum absolute atomic E-state index is 6.20. The lowest BCUT2D eigenvalue weighted by Crippen LogP contribution is -2.38. The third-order valence-corrected chi connectivity index (χ3v) is 4.31. The van der Waals surface area contributed by atoms with Crippen molar-refractivity contribution in [1.29, 1.82) is 0 Å². The Morgan fingerprint density at radius 2 is 2.18 bits per heavy atom. The van der Waals surface area contributed by atoms with E-state index in [1.165, 1.54) is 19.3 Å². The Kier molecular flexibility index (Phi) is 4.10. The molecule has 17 heavy (non-hydrogen) atoms. The third kappa shape index (κ3) is 2.50. The summed E-state index contributed by atoms with van der Waals surface area (Å²) in [6.45, 7) is 8.47. The predicted molar refractivity (Wildman–Crippen MR) is 71.6 cm³/mol. The topological polar surface area (TPSA) is 29.9 Å². The average molecular weight is 256 g/mol. The molecule has 1 saturated carbocycles. The van der Waals surface area contributed by atoms with E-state index in [2.05, 4.69) is 28.9 Å². The van der Waals surface area contributed by atoms with Crippen LogP contribution in [0.15, 0.2) is 0 Å². The largest absolute Gasteiger partial charge is 0.316 e. The number of aryl methyl sites for hydroxylation is 1. The molecule has 0 amide bonds. The molecule has 3 nitrogen and oxygen atoms in total. The summed E-state index contributed by atoms with van der Waals surface area (Å²) in [5.41, 5.74) is 2.07. The molecule has 0 aliphatic heterocycles. The predicted octanol–water partition coefficient (Wildman–Crippen LogP) is 3.10. The van der Waals surface area contributed by atoms with Crippen LogP contribution in [0.1, 0.15) is 43.6 Å². The molecule has 1 fully saturated rings. The number of halogens is 1. The van der Waals surface area contributed by atoms with Crippen LogP contribution in [0.5, 0.6) is 0 Å². The highest BCUT2D eigenvalue weighted by Crippen LogP contribution is 2.39. The van der Waals surface area contributed by atoms with Crippen molar-refractivity contribution >= 4 is 11.6 Å². The fraction of sp³-hybridized carbons (Fsp3) is 0.769. The van der Waals surface area contributed by atoms with Gasteiger partial charge >= 0.3 is 0 Å². The van der Waals surface area contributed by atoms with E-state index in [9.17, 15) is 0 Å². The molecule has 1 N–H and O–H groups in total. The van der Waals surface area contributed by atoms with Gasteiger partial charge in [-0.15, -0.1) is 0 Å². The Labute approximate surface area is 109 Å². The minimum Gasteiger partial charge on any atom is -0.316 e. The first-order valence-corrected chi connectivity index (χ1v) is 6.94.